The van der Waals surface area contributed by atoms with Crippen LogP contribution in [0.4, 0.5) is 0 Å². The van der Waals surface area contributed by atoms with Crippen LogP contribution in [-0.4, -0.2) is 26.6 Å². The van der Waals surface area contributed by atoms with Crippen LogP contribution >= 0.6 is 22.9 Å². The van der Waals surface area contributed by atoms with Gasteiger partial charge in [0.1, 0.15) is 4.83 Å². The number of aryl methyl sites for hydroxylation is 1. The van der Waals surface area contributed by atoms with E-state index in [1.165, 1.54) is 22.2 Å². The lowest BCUT2D eigenvalue weighted by Gasteiger charge is -2.20. The van der Waals surface area contributed by atoms with Crippen molar-refractivity contribution in [2.75, 3.05) is 0 Å². The third-order valence-corrected chi connectivity index (χ3v) is 5.18. The molecule has 1 amide bonds. The SMILES string of the molecule is C[C@H](NC(=O)CCn1cnc2sccc2c1=O)[C@H](O)c1ccc(Cl)cc1. The number of amides is 1. The number of carbonyl (C=O) groups is 1. The molecule has 2 heterocycles. The van der Waals surface area contributed by atoms with Crippen molar-refractivity contribution < 1.29 is 9.90 Å². The van der Waals surface area contributed by atoms with Gasteiger partial charge in [-0.05, 0) is 36.1 Å². The van der Waals surface area contributed by atoms with Crippen LogP contribution in [-0.2, 0) is 11.3 Å². The summed E-state index contributed by atoms with van der Waals surface area (Å²) in [5.41, 5.74) is 0.517. The minimum atomic E-state index is -0.845. The van der Waals surface area contributed by atoms with E-state index in [2.05, 4.69) is 10.3 Å². The number of carbonyl (C=O) groups excluding carboxylic acids is 1. The lowest BCUT2D eigenvalue weighted by atomic mass is 10.0. The van der Waals surface area contributed by atoms with Gasteiger partial charge in [0.15, 0.2) is 0 Å². The van der Waals surface area contributed by atoms with E-state index in [0.29, 0.717) is 20.8 Å². The predicted octanol–water partition coefficient (Wildman–Crippen LogP) is 2.74. The van der Waals surface area contributed by atoms with E-state index >= 15 is 0 Å². The fourth-order valence-electron chi connectivity index (χ4n) is 2.63. The number of benzene rings is 1. The number of hydrogen-bond donors (Lipinski definition) is 2. The van der Waals surface area contributed by atoms with Crippen LogP contribution in [0.15, 0.2) is 46.8 Å². The van der Waals surface area contributed by atoms with Crippen LogP contribution < -0.4 is 10.9 Å². The Kier molecular flexibility index (Phi) is 5.70. The number of nitrogens with one attached hydrogen (secondary N) is 1. The number of aliphatic hydroxyl groups excluding tert-OH is 1. The standard InChI is InChI=1S/C18H18ClN3O3S/c1-11(16(24)12-2-4-13(19)5-3-12)21-15(23)6-8-22-10-20-17-14(18(22)25)7-9-26-17/h2-5,7,9-11,16,24H,6,8H2,1H3,(H,21,23)/t11-,16-/m0/s1. The molecule has 1 aromatic carbocycles. The molecule has 2 atom stereocenters. The molecule has 0 aliphatic heterocycles. The average molecular weight is 392 g/mol. The second-order valence-electron chi connectivity index (χ2n) is 5.99. The predicted molar refractivity (Wildman–Crippen MR) is 103 cm³/mol. The van der Waals surface area contributed by atoms with E-state index in [1.54, 1.807) is 37.3 Å². The van der Waals surface area contributed by atoms with Crippen molar-refractivity contribution in [1.29, 1.82) is 0 Å². The van der Waals surface area contributed by atoms with Gasteiger partial charge in [-0.1, -0.05) is 23.7 Å². The molecule has 3 rings (SSSR count). The van der Waals surface area contributed by atoms with Gasteiger partial charge in [0, 0.05) is 18.0 Å². The average Bonchev–Trinajstić information content (AvgIpc) is 3.11. The first kappa shape index (κ1) is 18.6. The molecule has 0 unspecified atom stereocenters. The largest absolute Gasteiger partial charge is 0.386 e. The second-order valence-corrected chi connectivity index (χ2v) is 7.32. The molecule has 0 saturated heterocycles. The Morgan fingerprint density at radius 3 is 2.81 bits per heavy atom. The Hall–Kier alpha value is -2.22. The molecule has 6 nitrogen and oxygen atoms in total. The van der Waals surface area contributed by atoms with Crippen LogP contribution in [0.5, 0.6) is 0 Å². The number of rotatable bonds is 6. The maximum Gasteiger partial charge on any atom is 0.262 e. The highest BCUT2D eigenvalue weighted by atomic mass is 35.5. The summed E-state index contributed by atoms with van der Waals surface area (Å²) in [4.78, 5) is 29.4. The molecule has 2 aromatic heterocycles. The number of halogens is 1. The van der Waals surface area contributed by atoms with Gasteiger partial charge < -0.3 is 10.4 Å². The van der Waals surface area contributed by atoms with Crippen LogP contribution in [0, 0.1) is 0 Å². The van der Waals surface area contributed by atoms with Gasteiger partial charge >= 0.3 is 0 Å². The fourth-order valence-corrected chi connectivity index (χ4v) is 3.48. The number of nitrogens with zero attached hydrogens (tertiary/aromatic N) is 2. The molecule has 0 spiro atoms. The molecule has 3 aromatic rings. The summed E-state index contributed by atoms with van der Waals surface area (Å²) in [6, 6.07) is 8.08. The number of fused-ring (bicyclic) bond motifs is 1. The van der Waals surface area contributed by atoms with E-state index < -0.39 is 12.1 Å². The maximum atomic E-state index is 12.3. The summed E-state index contributed by atoms with van der Waals surface area (Å²) in [6.07, 6.45) is 0.734. The van der Waals surface area contributed by atoms with Crippen LogP contribution in [0.3, 0.4) is 0 Å². The zero-order valence-corrected chi connectivity index (χ0v) is 15.6. The molecular formula is C18H18ClN3O3S. The van der Waals surface area contributed by atoms with E-state index in [-0.39, 0.29) is 24.4 Å². The van der Waals surface area contributed by atoms with Gasteiger partial charge in [0.05, 0.1) is 23.9 Å². The smallest absolute Gasteiger partial charge is 0.262 e. The fraction of sp³-hybridized carbons (Fsp3) is 0.278. The van der Waals surface area contributed by atoms with E-state index in [1.807, 2.05) is 5.38 Å². The van der Waals surface area contributed by atoms with Crippen molar-refractivity contribution in [3.63, 3.8) is 0 Å². The molecule has 0 bridgehead atoms. The molecule has 0 aliphatic rings. The Bertz CT molecular complexity index is 968. The lowest BCUT2D eigenvalue weighted by Crippen LogP contribution is -2.37. The van der Waals surface area contributed by atoms with Crippen molar-refractivity contribution in [1.82, 2.24) is 14.9 Å². The van der Waals surface area contributed by atoms with E-state index in [9.17, 15) is 14.7 Å². The summed E-state index contributed by atoms with van der Waals surface area (Å²) in [5.74, 6) is -0.247. The number of aliphatic hydroxyl groups is 1. The highest BCUT2D eigenvalue weighted by Gasteiger charge is 2.18. The van der Waals surface area contributed by atoms with Crippen molar-refractivity contribution >= 4 is 39.1 Å². The van der Waals surface area contributed by atoms with Crippen LogP contribution in [0.2, 0.25) is 5.02 Å². The van der Waals surface area contributed by atoms with Gasteiger partial charge in [0.25, 0.3) is 5.56 Å². The number of hydrogen-bond acceptors (Lipinski definition) is 5. The number of aromatic nitrogens is 2. The third-order valence-electron chi connectivity index (χ3n) is 4.10. The second kappa shape index (κ2) is 7.99. The summed E-state index contributed by atoms with van der Waals surface area (Å²) < 4.78 is 1.43. The van der Waals surface area contributed by atoms with Gasteiger partial charge in [-0.3, -0.25) is 14.2 Å². The Labute approximate surface area is 159 Å². The Balaban J connectivity index is 1.58. The zero-order valence-electron chi connectivity index (χ0n) is 14.1. The highest BCUT2D eigenvalue weighted by Crippen LogP contribution is 2.19. The molecule has 26 heavy (non-hydrogen) atoms. The molecule has 0 radical (unpaired) electrons. The minimum absolute atomic E-state index is 0.120. The van der Waals surface area contributed by atoms with Crippen molar-refractivity contribution in [3.05, 3.63) is 63.0 Å². The van der Waals surface area contributed by atoms with Gasteiger partial charge in [-0.25, -0.2) is 4.98 Å². The first-order valence-corrected chi connectivity index (χ1v) is 9.37. The molecule has 136 valence electrons. The monoisotopic (exact) mass is 391 g/mol. The summed E-state index contributed by atoms with van der Waals surface area (Å²) in [6.45, 7) is 1.95. The molecular weight excluding hydrogens is 374 g/mol. The number of thiophene rings is 1. The third kappa shape index (κ3) is 4.12. The first-order chi connectivity index (χ1) is 12.5. The van der Waals surface area contributed by atoms with Crippen molar-refractivity contribution in [3.8, 4) is 0 Å². The lowest BCUT2D eigenvalue weighted by molar-refractivity contribution is -0.122. The van der Waals surface area contributed by atoms with E-state index in [0.717, 1.165) is 0 Å². The van der Waals surface area contributed by atoms with Gasteiger partial charge in [-0.2, -0.15) is 0 Å². The highest BCUT2D eigenvalue weighted by molar-refractivity contribution is 7.16. The molecule has 0 aliphatic carbocycles. The summed E-state index contributed by atoms with van der Waals surface area (Å²) >= 11 is 7.24. The maximum absolute atomic E-state index is 12.3. The summed E-state index contributed by atoms with van der Waals surface area (Å²) in [5, 5.41) is 16.0. The molecule has 2 N–H and O–H groups in total. The van der Waals surface area contributed by atoms with Crippen molar-refractivity contribution in [2.24, 2.45) is 0 Å². The summed E-state index contributed by atoms with van der Waals surface area (Å²) in [7, 11) is 0. The van der Waals surface area contributed by atoms with Gasteiger partial charge in [0.2, 0.25) is 5.91 Å². The first-order valence-electron chi connectivity index (χ1n) is 8.11. The van der Waals surface area contributed by atoms with Crippen molar-refractivity contribution in [2.45, 2.75) is 32.0 Å². The molecule has 0 fully saturated rings. The Morgan fingerprint density at radius 2 is 2.08 bits per heavy atom. The topological polar surface area (TPSA) is 84.2 Å². The normalized spacial score (nSPS) is 13.5. The van der Waals surface area contributed by atoms with Crippen LogP contribution in [0.1, 0.15) is 25.0 Å². The van der Waals surface area contributed by atoms with Crippen LogP contribution in [0.25, 0.3) is 10.2 Å². The quantitative estimate of drug-likeness (QED) is 0.676. The van der Waals surface area contributed by atoms with E-state index in [4.69, 9.17) is 11.6 Å². The zero-order chi connectivity index (χ0) is 18.7. The minimum Gasteiger partial charge on any atom is -0.386 e. The molecule has 0 saturated carbocycles. The molecule has 8 heteroatoms. The van der Waals surface area contributed by atoms with Gasteiger partial charge in [-0.15, -0.1) is 11.3 Å². The Morgan fingerprint density at radius 1 is 1.35 bits per heavy atom.